The molecule has 0 aliphatic rings. The molecule has 0 atom stereocenters. The number of rotatable bonds is 4. The predicted molar refractivity (Wildman–Crippen MR) is 80.5 cm³/mol. The molecule has 0 radical (unpaired) electrons. The minimum absolute atomic E-state index is 0.0252. The Hall–Kier alpha value is -2.13. The molecule has 1 heterocycles. The highest BCUT2D eigenvalue weighted by Gasteiger charge is 2.09. The number of aliphatic hydroxyl groups excluding tert-OH is 1. The number of imidazole rings is 1. The summed E-state index contributed by atoms with van der Waals surface area (Å²) in [4.78, 5) is 4.47. The fourth-order valence-corrected chi connectivity index (χ4v) is 2.49. The Bertz CT molecular complexity index is 713. The first-order valence-electron chi connectivity index (χ1n) is 6.88. The second kappa shape index (κ2) is 5.47. The molecule has 0 aliphatic heterocycles. The first kappa shape index (κ1) is 12.9. The van der Waals surface area contributed by atoms with E-state index in [9.17, 15) is 5.11 Å². The van der Waals surface area contributed by atoms with Gasteiger partial charge in [0.2, 0.25) is 0 Å². The summed E-state index contributed by atoms with van der Waals surface area (Å²) in [5.74, 6) is 0.735. The highest BCUT2D eigenvalue weighted by atomic mass is 16.3. The second-order valence-electron chi connectivity index (χ2n) is 5.06. The lowest BCUT2D eigenvalue weighted by Gasteiger charge is -2.08. The summed E-state index contributed by atoms with van der Waals surface area (Å²) < 4.78 is 2.11. The summed E-state index contributed by atoms with van der Waals surface area (Å²) in [7, 11) is 0. The third kappa shape index (κ3) is 2.45. The van der Waals surface area contributed by atoms with Gasteiger partial charge in [-0.3, -0.25) is 0 Å². The lowest BCUT2D eigenvalue weighted by molar-refractivity contribution is 0.266. The molecule has 0 spiro atoms. The lowest BCUT2D eigenvalue weighted by atomic mass is 10.1. The Kier molecular flexibility index (Phi) is 3.52. The molecule has 3 nitrogen and oxygen atoms in total. The van der Waals surface area contributed by atoms with Crippen LogP contribution in [0.25, 0.3) is 11.0 Å². The number of fused-ring (bicyclic) bond motifs is 1. The first-order chi connectivity index (χ1) is 9.78. The van der Waals surface area contributed by atoms with Gasteiger partial charge in [0.15, 0.2) is 0 Å². The Balaban J connectivity index is 1.88. The number of aliphatic hydroxyl groups is 1. The highest BCUT2D eigenvalue weighted by Crippen LogP contribution is 2.17. The molecule has 3 aromatic rings. The first-order valence-corrected chi connectivity index (χ1v) is 6.88. The van der Waals surface area contributed by atoms with Crippen LogP contribution in [0.15, 0.2) is 48.5 Å². The summed E-state index contributed by atoms with van der Waals surface area (Å²) in [5.41, 5.74) is 4.61. The van der Waals surface area contributed by atoms with Crippen molar-refractivity contribution in [2.75, 3.05) is 0 Å². The zero-order valence-electron chi connectivity index (χ0n) is 11.6. The van der Waals surface area contributed by atoms with Crippen LogP contribution in [0.1, 0.15) is 17.0 Å². The summed E-state index contributed by atoms with van der Waals surface area (Å²) >= 11 is 0. The van der Waals surface area contributed by atoms with Crippen LogP contribution in [0.5, 0.6) is 0 Å². The summed E-state index contributed by atoms with van der Waals surface area (Å²) in [6.45, 7) is 2.90. The molecular formula is C17H18N2O. The molecule has 0 unspecified atom stereocenters. The van der Waals surface area contributed by atoms with E-state index in [4.69, 9.17) is 0 Å². The van der Waals surface area contributed by atoms with Crippen molar-refractivity contribution in [1.82, 2.24) is 9.55 Å². The van der Waals surface area contributed by atoms with Crippen LogP contribution in [0.2, 0.25) is 0 Å². The maximum absolute atomic E-state index is 9.47. The normalized spacial score (nSPS) is 11.1. The van der Waals surface area contributed by atoms with Gasteiger partial charge >= 0.3 is 0 Å². The molecule has 2 aromatic carbocycles. The van der Waals surface area contributed by atoms with Crippen LogP contribution in [-0.2, 0) is 19.6 Å². The van der Waals surface area contributed by atoms with E-state index in [-0.39, 0.29) is 6.61 Å². The van der Waals surface area contributed by atoms with E-state index >= 15 is 0 Å². The van der Waals surface area contributed by atoms with Crippen LogP contribution in [0.3, 0.4) is 0 Å². The van der Waals surface area contributed by atoms with E-state index in [0.29, 0.717) is 0 Å². The Morgan fingerprint density at radius 1 is 1.05 bits per heavy atom. The second-order valence-corrected chi connectivity index (χ2v) is 5.06. The van der Waals surface area contributed by atoms with Crippen LogP contribution >= 0.6 is 0 Å². The number of aryl methyl sites for hydroxylation is 3. The van der Waals surface area contributed by atoms with Crippen LogP contribution in [0, 0.1) is 6.92 Å². The number of hydrogen-bond acceptors (Lipinski definition) is 2. The van der Waals surface area contributed by atoms with Gasteiger partial charge in [0.1, 0.15) is 12.4 Å². The van der Waals surface area contributed by atoms with Gasteiger partial charge in [-0.25, -0.2) is 4.98 Å². The number of nitrogens with zero attached hydrogens (tertiary/aromatic N) is 2. The highest BCUT2D eigenvalue weighted by molar-refractivity contribution is 5.75. The van der Waals surface area contributed by atoms with Crippen LogP contribution < -0.4 is 0 Å². The summed E-state index contributed by atoms with van der Waals surface area (Å²) in [6.07, 6.45) is 0.938. The molecule has 1 N–H and O–H groups in total. The molecule has 0 saturated heterocycles. The van der Waals surface area contributed by atoms with E-state index in [1.807, 2.05) is 18.2 Å². The molecule has 0 amide bonds. The van der Waals surface area contributed by atoms with Crippen molar-refractivity contribution < 1.29 is 5.11 Å². The van der Waals surface area contributed by atoms with Crippen LogP contribution in [0.4, 0.5) is 0 Å². The summed E-state index contributed by atoms with van der Waals surface area (Å²) in [6, 6.07) is 16.6. The fourth-order valence-electron chi connectivity index (χ4n) is 2.49. The van der Waals surface area contributed by atoms with E-state index in [1.165, 1.54) is 11.1 Å². The molecule has 0 saturated carbocycles. The summed E-state index contributed by atoms with van der Waals surface area (Å²) in [5, 5.41) is 9.47. The molecule has 0 fully saturated rings. The quantitative estimate of drug-likeness (QED) is 0.788. The zero-order chi connectivity index (χ0) is 13.9. The zero-order valence-corrected chi connectivity index (χ0v) is 11.6. The SMILES string of the molecule is Cc1ccc(CCn2c(CO)nc3ccccc32)cc1. The molecule has 102 valence electrons. The maximum atomic E-state index is 9.47. The van der Waals surface area contributed by atoms with E-state index in [2.05, 4.69) is 46.8 Å². The van der Waals surface area contributed by atoms with Gasteiger partial charge in [0.25, 0.3) is 0 Å². The van der Waals surface area contributed by atoms with Gasteiger partial charge in [-0.1, -0.05) is 42.0 Å². The number of aromatic nitrogens is 2. The van der Waals surface area contributed by atoms with E-state index < -0.39 is 0 Å². The van der Waals surface area contributed by atoms with Gasteiger partial charge in [-0.15, -0.1) is 0 Å². The molecule has 20 heavy (non-hydrogen) atoms. The van der Waals surface area contributed by atoms with Crippen molar-refractivity contribution in [1.29, 1.82) is 0 Å². The Labute approximate surface area is 118 Å². The van der Waals surface area contributed by atoms with Crippen molar-refractivity contribution >= 4 is 11.0 Å². The molecule has 1 aromatic heterocycles. The number of benzene rings is 2. The van der Waals surface area contributed by atoms with Crippen molar-refractivity contribution in [2.24, 2.45) is 0 Å². The molecule has 3 rings (SSSR count). The van der Waals surface area contributed by atoms with Gasteiger partial charge < -0.3 is 9.67 Å². The van der Waals surface area contributed by atoms with Gasteiger partial charge in [-0.2, -0.15) is 0 Å². The molecular weight excluding hydrogens is 248 g/mol. The molecule has 0 bridgehead atoms. The lowest BCUT2D eigenvalue weighted by Crippen LogP contribution is -2.06. The van der Waals surface area contributed by atoms with Crippen molar-refractivity contribution in [3.8, 4) is 0 Å². The van der Waals surface area contributed by atoms with E-state index in [1.54, 1.807) is 0 Å². The average Bonchev–Trinajstić information content (AvgIpc) is 2.84. The average molecular weight is 266 g/mol. The van der Waals surface area contributed by atoms with Gasteiger partial charge in [-0.05, 0) is 31.0 Å². The minimum atomic E-state index is -0.0252. The van der Waals surface area contributed by atoms with Gasteiger partial charge in [0.05, 0.1) is 11.0 Å². The number of para-hydroxylation sites is 2. The fraction of sp³-hybridized carbons (Fsp3) is 0.235. The van der Waals surface area contributed by atoms with Gasteiger partial charge in [0, 0.05) is 6.54 Å². The smallest absolute Gasteiger partial charge is 0.135 e. The third-order valence-electron chi connectivity index (χ3n) is 3.62. The van der Waals surface area contributed by atoms with E-state index in [0.717, 1.165) is 29.8 Å². The third-order valence-corrected chi connectivity index (χ3v) is 3.62. The topological polar surface area (TPSA) is 38.0 Å². The monoisotopic (exact) mass is 266 g/mol. The Morgan fingerprint density at radius 3 is 2.55 bits per heavy atom. The van der Waals surface area contributed by atoms with Crippen molar-refractivity contribution in [3.05, 3.63) is 65.5 Å². The standard InChI is InChI=1S/C17H18N2O/c1-13-6-8-14(9-7-13)10-11-19-16-5-3-2-4-15(16)18-17(19)12-20/h2-9,20H,10-12H2,1H3. The van der Waals surface area contributed by atoms with Crippen LogP contribution in [-0.4, -0.2) is 14.7 Å². The number of hydrogen-bond donors (Lipinski definition) is 1. The molecule has 3 heteroatoms. The van der Waals surface area contributed by atoms with Crippen molar-refractivity contribution in [3.63, 3.8) is 0 Å². The minimum Gasteiger partial charge on any atom is -0.388 e. The van der Waals surface area contributed by atoms with Crippen molar-refractivity contribution in [2.45, 2.75) is 26.5 Å². The Morgan fingerprint density at radius 2 is 1.80 bits per heavy atom. The predicted octanol–water partition coefficient (Wildman–Crippen LogP) is 3.08. The maximum Gasteiger partial charge on any atom is 0.135 e. The largest absolute Gasteiger partial charge is 0.388 e. The molecule has 0 aliphatic carbocycles.